The van der Waals surface area contributed by atoms with Crippen LogP contribution in [0.5, 0.6) is 0 Å². The maximum absolute atomic E-state index is 12.3. The fourth-order valence-electron chi connectivity index (χ4n) is 2.71. The highest BCUT2D eigenvalue weighted by Crippen LogP contribution is 2.22. The molecular formula is C18H17N3O5S. The standard InChI is InChI=1S/C18H17N3O5S/c1-12(22)19-13-6-8-14(9-7-13)20-27(25,26)11-10-21-17(23)15-4-2-3-5-16(15)18(21)24/h2-9,20H,10-11H2,1H3,(H,19,22). The molecule has 0 bridgehead atoms. The van der Waals surface area contributed by atoms with Gasteiger partial charge in [0.15, 0.2) is 0 Å². The summed E-state index contributed by atoms with van der Waals surface area (Å²) in [5.41, 5.74) is 1.41. The molecule has 0 fully saturated rings. The Morgan fingerprint density at radius 2 is 1.44 bits per heavy atom. The molecule has 3 amide bonds. The highest BCUT2D eigenvalue weighted by molar-refractivity contribution is 7.92. The van der Waals surface area contributed by atoms with Gasteiger partial charge in [-0.1, -0.05) is 12.1 Å². The molecule has 2 N–H and O–H groups in total. The van der Waals surface area contributed by atoms with E-state index in [2.05, 4.69) is 10.0 Å². The second kappa shape index (κ2) is 7.20. The molecule has 0 aromatic heterocycles. The molecule has 2 aromatic carbocycles. The van der Waals surface area contributed by atoms with Gasteiger partial charge in [-0.15, -0.1) is 0 Å². The lowest BCUT2D eigenvalue weighted by atomic mass is 10.1. The van der Waals surface area contributed by atoms with Crippen LogP contribution in [0.4, 0.5) is 11.4 Å². The Kier molecular flexibility index (Phi) is 4.95. The summed E-state index contributed by atoms with van der Waals surface area (Å²) in [4.78, 5) is 36.5. The zero-order valence-electron chi connectivity index (χ0n) is 14.4. The predicted octanol–water partition coefficient (Wildman–Crippen LogP) is 1.68. The molecule has 9 heteroatoms. The Balaban J connectivity index is 1.63. The number of anilines is 2. The molecule has 3 rings (SSSR count). The molecule has 1 aliphatic rings. The third kappa shape index (κ3) is 4.14. The number of sulfonamides is 1. The highest BCUT2D eigenvalue weighted by Gasteiger charge is 2.35. The minimum Gasteiger partial charge on any atom is -0.326 e. The number of fused-ring (bicyclic) bond motifs is 1. The number of imide groups is 1. The number of hydrogen-bond acceptors (Lipinski definition) is 5. The minimum absolute atomic E-state index is 0.232. The van der Waals surface area contributed by atoms with E-state index in [0.717, 1.165) is 4.90 Å². The van der Waals surface area contributed by atoms with Crippen LogP contribution >= 0.6 is 0 Å². The topological polar surface area (TPSA) is 113 Å². The molecule has 1 aliphatic heterocycles. The highest BCUT2D eigenvalue weighted by atomic mass is 32.2. The van der Waals surface area contributed by atoms with Crippen LogP contribution in [0.25, 0.3) is 0 Å². The van der Waals surface area contributed by atoms with Crippen LogP contribution in [0.3, 0.4) is 0 Å². The van der Waals surface area contributed by atoms with Crippen molar-refractivity contribution in [2.75, 3.05) is 22.3 Å². The summed E-state index contributed by atoms with van der Waals surface area (Å²) in [5, 5.41) is 2.58. The van der Waals surface area contributed by atoms with E-state index in [1.54, 1.807) is 36.4 Å². The summed E-state index contributed by atoms with van der Waals surface area (Å²) in [6.45, 7) is 1.13. The first-order chi connectivity index (χ1) is 12.8. The van der Waals surface area contributed by atoms with Crippen LogP contribution in [0.1, 0.15) is 27.6 Å². The van der Waals surface area contributed by atoms with Gasteiger partial charge < -0.3 is 5.32 Å². The molecule has 140 valence electrons. The molecule has 0 atom stereocenters. The van der Waals surface area contributed by atoms with Crippen molar-refractivity contribution in [2.45, 2.75) is 6.92 Å². The Morgan fingerprint density at radius 3 is 1.96 bits per heavy atom. The van der Waals surface area contributed by atoms with Gasteiger partial charge in [-0.3, -0.25) is 24.0 Å². The number of rotatable bonds is 6. The Morgan fingerprint density at radius 1 is 0.926 bits per heavy atom. The first-order valence-electron chi connectivity index (χ1n) is 8.10. The molecule has 0 saturated carbocycles. The van der Waals surface area contributed by atoms with Gasteiger partial charge in [-0.05, 0) is 36.4 Å². The first-order valence-corrected chi connectivity index (χ1v) is 9.75. The molecule has 2 aromatic rings. The van der Waals surface area contributed by atoms with Gasteiger partial charge >= 0.3 is 0 Å². The number of nitrogens with zero attached hydrogens (tertiary/aromatic N) is 1. The van der Waals surface area contributed by atoms with Crippen molar-refractivity contribution in [2.24, 2.45) is 0 Å². The van der Waals surface area contributed by atoms with Crippen molar-refractivity contribution < 1.29 is 22.8 Å². The minimum atomic E-state index is -3.78. The number of benzene rings is 2. The van der Waals surface area contributed by atoms with Gasteiger partial charge in [0.2, 0.25) is 15.9 Å². The van der Waals surface area contributed by atoms with Crippen molar-refractivity contribution in [3.05, 3.63) is 59.7 Å². The average molecular weight is 387 g/mol. The van der Waals surface area contributed by atoms with Crippen molar-refractivity contribution in [3.63, 3.8) is 0 Å². The molecule has 27 heavy (non-hydrogen) atoms. The van der Waals surface area contributed by atoms with Crippen LogP contribution in [0.2, 0.25) is 0 Å². The monoisotopic (exact) mass is 387 g/mol. The van der Waals surface area contributed by atoms with Crippen LogP contribution < -0.4 is 10.0 Å². The lowest BCUT2D eigenvalue weighted by molar-refractivity contribution is -0.114. The van der Waals surface area contributed by atoms with Crippen LogP contribution in [0, 0.1) is 0 Å². The number of carbonyl (C=O) groups is 3. The van der Waals surface area contributed by atoms with Crippen molar-refractivity contribution in [3.8, 4) is 0 Å². The summed E-state index contributed by atoms with van der Waals surface area (Å²) < 4.78 is 26.9. The van der Waals surface area contributed by atoms with Gasteiger partial charge in [0, 0.05) is 24.8 Å². The number of nitrogens with one attached hydrogen (secondary N) is 2. The van der Waals surface area contributed by atoms with Gasteiger partial charge in [-0.2, -0.15) is 0 Å². The lowest BCUT2D eigenvalue weighted by Gasteiger charge is -2.14. The second-order valence-electron chi connectivity index (χ2n) is 5.99. The molecule has 0 saturated heterocycles. The van der Waals surface area contributed by atoms with E-state index in [0.29, 0.717) is 11.4 Å². The van der Waals surface area contributed by atoms with E-state index in [4.69, 9.17) is 0 Å². The first kappa shape index (κ1) is 18.6. The van der Waals surface area contributed by atoms with Gasteiger partial charge in [0.25, 0.3) is 11.8 Å². The molecule has 0 unspecified atom stereocenters. The number of carbonyl (C=O) groups excluding carboxylic acids is 3. The summed E-state index contributed by atoms with van der Waals surface area (Å²) in [7, 11) is -3.78. The molecular weight excluding hydrogens is 370 g/mol. The molecule has 0 aliphatic carbocycles. The van der Waals surface area contributed by atoms with Crippen LogP contribution in [-0.4, -0.2) is 43.3 Å². The van der Waals surface area contributed by atoms with E-state index >= 15 is 0 Å². The predicted molar refractivity (Wildman–Crippen MR) is 100.0 cm³/mol. The van der Waals surface area contributed by atoms with Gasteiger partial charge in [0.1, 0.15) is 0 Å². The third-order valence-electron chi connectivity index (χ3n) is 3.94. The van der Waals surface area contributed by atoms with Crippen molar-refractivity contribution in [1.82, 2.24) is 4.90 Å². The summed E-state index contributed by atoms with van der Waals surface area (Å²) >= 11 is 0. The SMILES string of the molecule is CC(=O)Nc1ccc(NS(=O)(=O)CCN2C(=O)c3ccccc3C2=O)cc1. The molecule has 8 nitrogen and oxygen atoms in total. The third-order valence-corrected chi connectivity index (χ3v) is 5.21. The van der Waals surface area contributed by atoms with E-state index in [1.165, 1.54) is 19.1 Å². The van der Waals surface area contributed by atoms with E-state index in [9.17, 15) is 22.8 Å². The number of amides is 3. The fraction of sp³-hybridized carbons (Fsp3) is 0.167. The fourth-order valence-corrected chi connectivity index (χ4v) is 3.73. The summed E-state index contributed by atoms with van der Waals surface area (Å²) in [5.74, 6) is -1.65. The van der Waals surface area contributed by atoms with Gasteiger partial charge in [0.05, 0.1) is 16.9 Å². The van der Waals surface area contributed by atoms with Crippen LogP contribution in [0.15, 0.2) is 48.5 Å². The van der Waals surface area contributed by atoms with Crippen molar-refractivity contribution in [1.29, 1.82) is 0 Å². The van der Waals surface area contributed by atoms with E-state index < -0.39 is 27.6 Å². The second-order valence-corrected chi connectivity index (χ2v) is 7.83. The van der Waals surface area contributed by atoms with Crippen LogP contribution in [-0.2, 0) is 14.8 Å². The Hall–Kier alpha value is -3.20. The normalized spacial score (nSPS) is 13.4. The van der Waals surface area contributed by atoms with E-state index in [1.807, 2.05) is 0 Å². The van der Waals surface area contributed by atoms with E-state index in [-0.39, 0.29) is 23.6 Å². The smallest absolute Gasteiger partial charge is 0.261 e. The largest absolute Gasteiger partial charge is 0.326 e. The van der Waals surface area contributed by atoms with Crippen molar-refractivity contribution >= 4 is 39.1 Å². The zero-order chi connectivity index (χ0) is 19.6. The molecule has 0 spiro atoms. The lowest BCUT2D eigenvalue weighted by Crippen LogP contribution is -2.35. The summed E-state index contributed by atoms with van der Waals surface area (Å²) in [6, 6.07) is 12.5. The Bertz CT molecular complexity index is 981. The maximum Gasteiger partial charge on any atom is 0.261 e. The summed E-state index contributed by atoms with van der Waals surface area (Å²) in [6.07, 6.45) is 0. The maximum atomic E-state index is 12.3. The average Bonchev–Trinajstić information content (AvgIpc) is 2.86. The Labute approximate surface area is 156 Å². The molecule has 0 radical (unpaired) electrons. The zero-order valence-corrected chi connectivity index (χ0v) is 15.2. The quantitative estimate of drug-likeness (QED) is 0.733. The number of hydrogen-bond donors (Lipinski definition) is 2. The molecule has 1 heterocycles. The van der Waals surface area contributed by atoms with Gasteiger partial charge in [-0.25, -0.2) is 8.42 Å².